The summed E-state index contributed by atoms with van der Waals surface area (Å²) in [6.45, 7) is 6.18. The Morgan fingerprint density at radius 3 is 2.90 bits per heavy atom. The minimum atomic E-state index is -0.294. The van der Waals surface area contributed by atoms with Crippen LogP contribution in [0.3, 0.4) is 0 Å². The number of hydrogen-bond donors (Lipinski definition) is 0. The van der Waals surface area contributed by atoms with Gasteiger partial charge in [0.05, 0.1) is 55.0 Å². The monoisotopic (exact) mass is 430 g/mol. The topological polar surface area (TPSA) is 96.5 Å². The maximum absolute atomic E-state index is 12.9. The van der Waals surface area contributed by atoms with Crippen molar-refractivity contribution in [3.63, 3.8) is 0 Å². The number of fused-ring (bicyclic) bond motifs is 1. The second-order valence-corrected chi connectivity index (χ2v) is 8.86. The molecule has 0 aliphatic carbocycles. The van der Waals surface area contributed by atoms with E-state index in [0.717, 1.165) is 49.4 Å². The van der Waals surface area contributed by atoms with Gasteiger partial charge in [-0.2, -0.15) is 5.10 Å². The van der Waals surface area contributed by atoms with Gasteiger partial charge in [-0.1, -0.05) is 5.21 Å². The highest BCUT2D eigenvalue weighted by Gasteiger charge is 2.41. The van der Waals surface area contributed by atoms with Gasteiger partial charge in [-0.15, -0.1) is 5.10 Å². The number of amides is 1. The average molecular weight is 431 g/mol. The van der Waals surface area contributed by atoms with Gasteiger partial charge >= 0.3 is 0 Å². The molecular weight excluding hydrogens is 400 g/mol. The normalized spacial score (nSPS) is 22.8. The van der Waals surface area contributed by atoms with Crippen molar-refractivity contribution in [2.75, 3.05) is 26.3 Å². The first kappa shape index (κ1) is 20.6. The summed E-state index contributed by atoms with van der Waals surface area (Å²) in [6.07, 6.45) is 5.73. The van der Waals surface area contributed by atoms with Crippen LogP contribution >= 0.6 is 0 Å². The molecule has 3 aliphatic rings. The number of rotatable bonds is 5. The Morgan fingerprint density at radius 1 is 1.35 bits per heavy atom. The van der Waals surface area contributed by atoms with Gasteiger partial charge in [0.2, 0.25) is 0 Å². The number of nitrogens with zero attached hydrogens (tertiary/aromatic N) is 6. The lowest BCUT2D eigenvalue weighted by Gasteiger charge is -2.43. The largest absolute Gasteiger partial charge is 0.376 e. The van der Waals surface area contributed by atoms with E-state index in [4.69, 9.17) is 14.2 Å². The SMILES string of the molecule is Cc1nn(C)cc1C(=O)N1CCC2(CC1)Cn1nnc(COCC3CCCO3)c1CO2. The van der Waals surface area contributed by atoms with E-state index in [-0.39, 0.29) is 17.6 Å². The van der Waals surface area contributed by atoms with Gasteiger partial charge in [0.1, 0.15) is 5.69 Å². The molecule has 3 aliphatic heterocycles. The van der Waals surface area contributed by atoms with Gasteiger partial charge in [-0.3, -0.25) is 9.48 Å². The smallest absolute Gasteiger partial charge is 0.257 e. The number of carbonyl (C=O) groups is 1. The Kier molecular flexibility index (Phi) is 5.53. The van der Waals surface area contributed by atoms with E-state index < -0.39 is 0 Å². The fraction of sp³-hybridized carbons (Fsp3) is 0.714. The Labute approximate surface area is 181 Å². The van der Waals surface area contributed by atoms with Crippen LogP contribution in [0, 0.1) is 6.92 Å². The molecule has 0 saturated carbocycles. The molecule has 0 radical (unpaired) electrons. The number of aromatic nitrogens is 5. The predicted molar refractivity (Wildman–Crippen MR) is 109 cm³/mol. The van der Waals surface area contributed by atoms with E-state index >= 15 is 0 Å². The van der Waals surface area contributed by atoms with Crippen molar-refractivity contribution in [2.45, 2.75) is 64.1 Å². The zero-order valence-electron chi connectivity index (χ0n) is 18.2. The molecule has 2 aromatic rings. The van der Waals surface area contributed by atoms with Crippen molar-refractivity contribution in [3.8, 4) is 0 Å². The molecule has 0 bridgehead atoms. The molecule has 1 spiro atoms. The third kappa shape index (κ3) is 4.11. The van der Waals surface area contributed by atoms with Crippen LogP contribution in [0.15, 0.2) is 6.20 Å². The lowest BCUT2D eigenvalue weighted by Crippen LogP contribution is -2.52. The molecule has 1 atom stereocenters. The standard InChI is InChI=1S/C21H30N6O4/c1-15-17(10-25(2)23-15)20(28)26-7-5-21(6-8-26)14-27-19(13-31-21)18(22-24-27)12-29-11-16-4-3-9-30-16/h10,16H,3-9,11-14H2,1-2H3. The third-order valence-electron chi connectivity index (χ3n) is 6.64. The molecule has 168 valence electrons. The van der Waals surface area contributed by atoms with E-state index in [1.807, 2.05) is 23.6 Å². The summed E-state index contributed by atoms with van der Waals surface area (Å²) in [5, 5.41) is 13.0. The zero-order valence-corrected chi connectivity index (χ0v) is 18.2. The molecule has 2 aromatic heterocycles. The minimum Gasteiger partial charge on any atom is -0.376 e. The molecule has 10 nitrogen and oxygen atoms in total. The summed E-state index contributed by atoms with van der Waals surface area (Å²) in [5.74, 6) is 0.0448. The summed E-state index contributed by atoms with van der Waals surface area (Å²) < 4.78 is 21.4. The van der Waals surface area contributed by atoms with Gasteiger partial charge < -0.3 is 19.1 Å². The van der Waals surface area contributed by atoms with Crippen LogP contribution in [0.2, 0.25) is 0 Å². The molecule has 1 amide bonds. The summed E-state index contributed by atoms with van der Waals surface area (Å²) in [6, 6.07) is 0. The highest BCUT2D eigenvalue weighted by molar-refractivity contribution is 5.95. The average Bonchev–Trinajstić information content (AvgIpc) is 3.49. The molecule has 0 aromatic carbocycles. The van der Waals surface area contributed by atoms with E-state index in [1.165, 1.54) is 0 Å². The minimum absolute atomic E-state index is 0.0448. The van der Waals surface area contributed by atoms with Gasteiger partial charge in [0.25, 0.3) is 5.91 Å². The fourth-order valence-electron chi connectivity index (χ4n) is 4.77. The van der Waals surface area contributed by atoms with Gasteiger partial charge in [0.15, 0.2) is 0 Å². The first-order valence-electron chi connectivity index (χ1n) is 11.1. The van der Waals surface area contributed by atoms with Crippen LogP contribution in [-0.2, 0) is 41.0 Å². The molecule has 1 unspecified atom stereocenters. The molecular formula is C21H30N6O4. The molecule has 2 saturated heterocycles. The van der Waals surface area contributed by atoms with E-state index in [0.29, 0.717) is 45.0 Å². The van der Waals surface area contributed by atoms with Crippen LogP contribution in [0.25, 0.3) is 0 Å². The summed E-state index contributed by atoms with van der Waals surface area (Å²) in [7, 11) is 1.84. The van der Waals surface area contributed by atoms with Gasteiger partial charge in [-0.25, -0.2) is 4.68 Å². The molecule has 2 fully saturated rings. The first-order valence-corrected chi connectivity index (χ1v) is 11.1. The van der Waals surface area contributed by atoms with E-state index in [9.17, 15) is 4.79 Å². The van der Waals surface area contributed by atoms with Gasteiger partial charge in [-0.05, 0) is 32.6 Å². The van der Waals surface area contributed by atoms with Crippen molar-refractivity contribution < 1.29 is 19.0 Å². The Hall–Kier alpha value is -2.30. The summed E-state index contributed by atoms with van der Waals surface area (Å²) in [4.78, 5) is 14.8. The van der Waals surface area contributed by atoms with Crippen LogP contribution in [0.5, 0.6) is 0 Å². The Morgan fingerprint density at radius 2 is 2.19 bits per heavy atom. The van der Waals surface area contributed by atoms with E-state index in [1.54, 1.807) is 10.9 Å². The van der Waals surface area contributed by atoms with Crippen molar-refractivity contribution in [2.24, 2.45) is 7.05 Å². The van der Waals surface area contributed by atoms with Crippen molar-refractivity contribution in [1.82, 2.24) is 29.7 Å². The maximum atomic E-state index is 12.9. The van der Waals surface area contributed by atoms with Crippen LogP contribution in [-0.4, -0.2) is 73.6 Å². The predicted octanol–water partition coefficient (Wildman–Crippen LogP) is 1.22. The zero-order chi connectivity index (χ0) is 21.4. The second kappa shape index (κ2) is 8.33. The molecule has 5 heterocycles. The quantitative estimate of drug-likeness (QED) is 0.704. The Balaban J connectivity index is 1.17. The fourth-order valence-corrected chi connectivity index (χ4v) is 4.77. The number of aryl methyl sites for hydroxylation is 2. The molecule has 0 N–H and O–H groups in total. The van der Waals surface area contributed by atoms with Crippen molar-refractivity contribution in [1.29, 1.82) is 0 Å². The van der Waals surface area contributed by atoms with Crippen LogP contribution in [0.4, 0.5) is 0 Å². The molecule has 5 rings (SSSR count). The number of likely N-dealkylation sites (tertiary alicyclic amines) is 1. The molecule has 31 heavy (non-hydrogen) atoms. The number of carbonyl (C=O) groups excluding carboxylic acids is 1. The number of ether oxygens (including phenoxy) is 3. The highest BCUT2D eigenvalue weighted by Crippen LogP contribution is 2.34. The van der Waals surface area contributed by atoms with Crippen LogP contribution < -0.4 is 0 Å². The van der Waals surface area contributed by atoms with Crippen LogP contribution in [0.1, 0.15) is 53.1 Å². The maximum Gasteiger partial charge on any atom is 0.257 e. The third-order valence-corrected chi connectivity index (χ3v) is 6.64. The number of piperidine rings is 1. The highest BCUT2D eigenvalue weighted by atomic mass is 16.5. The second-order valence-electron chi connectivity index (χ2n) is 8.86. The lowest BCUT2D eigenvalue weighted by atomic mass is 9.89. The first-order chi connectivity index (χ1) is 15.0. The summed E-state index contributed by atoms with van der Waals surface area (Å²) >= 11 is 0. The Bertz CT molecular complexity index is 940. The lowest BCUT2D eigenvalue weighted by molar-refractivity contribution is -0.120. The van der Waals surface area contributed by atoms with Crippen molar-refractivity contribution in [3.05, 3.63) is 28.8 Å². The molecule has 10 heteroatoms. The summed E-state index contributed by atoms with van der Waals surface area (Å²) in [5.41, 5.74) is 2.98. The van der Waals surface area contributed by atoms with Crippen molar-refractivity contribution >= 4 is 5.91 Å². The van der Waals surface area contributed by atoms with Gasteiger partial charge in [0, 0.05) is 32.9 Å². The van der Waals surface area contributed by atoms with E-state index in [2.05, 4.69) is 15.4 Å². The number of hydrogen-bond acceptors (Lipinski definition) is 7.